The van der Waals surface area contributed by atoms with Crippen molar-refractivity contribution in [1.29, 1.82) is 0 Å². The largest absolute Gasteiger partial charge is 0.790 e. The molecule has 2 aromatic heterocycles. The Balaban J connectivity index is 1.02. The van der Waals surface area contributed by atoms with Gasteiger partial charge in [-0.05, 0) is 30.0 Å². The van der Waals surface area contributed by atoms with Crippen LogP contribution in [-0.4, -0.2) is 125 Å². The number of nitrogens with two attached hydrogens (primary N) is 1. The highest BCUT2D eigenvalue weighted by molar-refractivity contribution is 8.13. The molecule has 1 aliphatic heterocycles. The van der Waals surface area contributed by atoms with Gasteiger partial charge in [-0.15, -0.1) is 0 Å². The molecule has 4 aromatic rings. The number of carbonyl (C=O) groups is 5. The number of benzene rings is 2. The van der Waals surface area contributed by atoms with E-state index in [-0.39, 0.29) is 70.9 Å². The molecular weight excluding hydrogens is 1000 g/mol. The predicted octanol–water partition coefficient (Wildman–Crippen LogP) is -1.89. The Morgan fingerprint density at radius 2 is 1.71 bits per heavy atom. The van der Waals surface area contributed by atoms with Crippen LogP contribution in [0.3, 0.4) is 0 Å². The summed E-state index contributed by atoms with van der Waals surface area (Å²) < 4.78 is 60.7. The molecule has 2 aromatic carbocycles. The molecule has 378 valence electrons. The number of nitrogen functional groups attached to an aromatic ring is 1. The normalized spacial score (nSPS) is 19.7. The number of nitrogens with zero attached hydrogens (tertiary/aromatic N) is 4. The lowest BCUT2D eigenvalue weighted by atomic mass is 9.87. The monoisotopic (exact) mass is 1050 g/mol. The van der Waals surface area contributed by atoms with Gasteiger partial charge in [0.1, 0.15) is 53.5 Å². The highest BCUT2D eigenvalue weighted by Crippen LogP contribution is 2.56. The minimum atomic E-state index is -5.97. The van der Waals surface area contributed by atoms with Crippen LogP contribution in [0.4, 0.5) is 5.82 Å². The maximum atomic E-state index is 12.7. The van der Waals surface area contributed by atoms with Crippen molar-refractivity contribution >= 4 is 91.5 Å². The number of phenolic OH excluding ortho intramolecular Hbond substituents is 2. The molecule has 2 unspecified atom stereocenters. The maximum absolute atomic E-state index is 12.7. The van der Waals surface area contributed by atoms with Gasteiger partial charge in [0.25, 0.3) is 15.6 Å². The number of hydrogen-bond acceptors (Lipinski definition) is 26. The summed E-state index contributed by atoms with van der Waals surface area (Å²) in [6.07, 6.45) is -8.83. The fourth-order valence-corrected chi connectivity index (χ4v) is 10.2. The van der Waals surface area contributed by atoms with Crippen LogP contribution in [0, 0.1) is 5.41 Å². The number of ether oxygens (including phenoxy) is 1. The number of aromatic hydroxyl groups is 2. The summed E-state index contributed by atoms with van der Waals surface area (Å²) in [6.45, 7) is 0.769. The van der Waals surface area contributed by atoms with E-state index < -0.39 is 113 Å². The van der Waals surface area contributed by atoms with Crippen molar-refractivity contribution in [3.63, 3.8) is 0 Å². The van der Waals surface area contributed by atoms with E-state index in [2.05, 4.69) is 43.5 Å². The number of fused-ring (bicyclic) bond motifs is 2. The third-order valence-corrected chi connectivity index (χ3v) is 13.9. The van der Waals surface area contributed by atoms with E-state index in [1.54, 1.807) is 6.07 Å². The molecule has 2 amide bonds. The zero-order valence-electron chi connectivity index (χ0n) is 36.4. The van der Waals surface area contributed by atoms with Gasteiger partial charge in [0.2, 0.25) is 11.8 Å². The highest BCUT2D eigenvalue weighted by Gasteiger charge is 2.47. The number of phosphoric acid groups is 3. The number of imidazole rings is 1. The van der Waals surface area contributed by atoms with Crippen LogP contribution < -0.4 is 35.9 Å². The van der Waals surface area contributed by atoms with Crippen molar-refractivity contribution in [2.24, 2.45) is 5.41 Å². The minimum absolute atomic E-state index is 0.0227. The molecule has 0 aliphatic carbocycles. The van der Waals surface area contributed by atoms with Crippen molar-refractivity contribution in [2.45, 2.75) is 70.7 Å². The number of hydrogen-bond donors (Lipinski definition) is 7. The zero-order valence-corrected chi connectivity index (χ0v) is 39.9. The maximum Gasteiger partial charge on any atom is 0.274 e. The Morgan fingerprint density at radius 1 is 1.01 bits per heavy atom. The summed E-state index contributed by atoms with van der Waals surface area (Å²) in [5, 5.41) is 46.9. The summed E-state index contributed by atoms with van der Waals surface area (Å²) in [4.78, 5) is 122. The number of ketones is 2. The number of aliphatic hydroxyl groups is 2. The molecule has 32 heteroatoms. The number of thioether (sulfide) groups is 1. The van der Waals surface area contributed by atoms with Gasteiger partial charge in [-0.25, -0.2) is 19.3 Å². The fourth-order valence-electron chi connectivity index (χ4n) is 6.76. The number of aromatic nitrogens is 4. The van der Waals surface area contributed by atoms with Crippen molar-refractivity contribution < 1.29 is 100 Å². The summed E-state index contributed by atoms with van der Waals surface area (Å²) in [5.74, 6) is -3.58. The first-order valence-electron chi connectivity index (χ1n) is 20.1. The van der Waals surface area contributed by atoms with E-state index in [4.69, 9.17) is 10.5 Å². The Bertz CT molecular complexity index is 2760. The average Bonchev–Trinajstić information content (AvgIpc) is 3.80. The molecule has 1 fully saturated rings. The van der Waals surface area contributed by atoms with Crippen molar-refractivity contribution in [2.75, 3.05) is 37.8 Å². The molecule has 1 saturated heterocycles. The lowest BCUT2D eigenvalue weighted by molar-refractivity contribution is -0.347. The predicted molar refractivity (Wildman–Crippen MR) is 229 cm³/mol. The van der Waals surface area contributed by atoms with Gasteiger partial charge in [-0.1, -0.05) is 37.7 Å². The summed E-state index contributed by atoms with van der Waals surface area (Å²) in [5.41, 5.74) is 3.98. The van der Waals surface area contributed by atoms with Crippen molar-refractivity contribution in [3.05, 3.63) is 48.0 Å². The third kappa shape index (κ3) is 14.6. The lowest BCUT2D eigenvalue weighted by Crippen LogP contribution is -2.46. The number of nitrogens with one attached hydrogen (secondary N) is 2. The molecule has 7 atom stereocenters. The van der Waals surface area contributed by atoms with E-state index in [1.807, 2.05) is 0 Å². The number of rotatable bonds is 24. The SMILES string of the molecule is CC(=O)c1c(CC(=O)CC(=O)SCCNC(=O)CCNC(=O)[C@@H](O)C(C)(C)COP(=O)([O-])OP(=O)([O-])OC[C@H]2O[C@@H](n3cnc4c(N)ncnc43)[C@H](O)[C@@H]2OP(=O)([O-])[O-])cc2cccc(O)c2c1O. The van der Waals surface area contributed by atoms with Gasteiger partial charge in [0, 0.05) is 37.1 Å². The van der Waals surface area contributed by atoms with Gasteiger partial charge in [-0.3, -0.25) is 37.7 Å². The molecule has 3 heterocycles. The number of phosphoric ester groups is 3. The first-order chi connectivity index (χ1) is 32.1. The van der Waals surface area contributed by atoms with Gasteiger partial charge in [0.15, 0.2) is 28.6 Å². The summed E-state index contributed by atoms with van der Waals surface area (Å²) >= 11 is 0.745. The summed E-state index contributed by atoms with van der Waals surface area (Å²) in [6, 6.07) is 5.89. The molecule has 28 nitrogen and oxygen atoms in total. The van der Waals surface area contributed by atoms with Crippen LogP contribution in [-0.2, 0) is 61.9 Å². The molecule has 0 radical (unpaired) electrons. The highest BCUT2D eigenvalue weighted by atomic mass is 32.2. The lowest BCUT2D eigenvalue weighted by Gasteiger charge is -2.36. The molecule has 0 bridgehead atoms. The quantitative estimate of drug-likeness (QED) is 0.0174. The second kappa shape index (κ2) is 22.5. The number of carbonyl (C=O) groups excluding carboxylic acids is 5. The van der Waals surface area contributed by atoms with Crippen LogP contribution in [0.2, 0.25) is 0 Å². The number of Topliss-reactive ketones (excluding diaryl/α,β-unsaturated/α-hetero) is 2. The molecular formula is C37H44N7O21P3S-4. The Morgan fingerprint density at radius 3 is 2.39 bits per heavy atom. The second-order valence-corrected chi connectivity index (χ2v) is 21.0. The van der Waals surface area contributed by atoms with E-state index in [0.717, 1.165) is 42.8 Å². The van der Waals surface area contributed by atoms with Crippen LogP contribution in [0.15, 0.2) is 36.9 Å². The van der Waals surface area contributed by atoms with Crippen LogP contribution in [0.1, 0.15) is 55.8 Å². The molecule has 0 saturated carbocycles. The smallest absolute Gasteiger partial charge is 0.274 e. The average molecular weight is 1050 g/mol. The number of anilines is 1. The Labute approximate surface area is 394 Å². The van der Waals surface area contributed by atoms with Crippen molar-refractivity contribution in [1.82, 2.24) is 30.2 Å². The number of aliphatic hydroxyl groups excluding tert-OH is 2. The first-order valence-corrected chi connectivity index (χ1v) is 25.4. The van der Waals surface area contributed by atoms with E-state index in [9.17, 15) is 77.7 Å². The van der Waals surface area contributed by atoms with E-state index in [0.29, 0.717) is 5.39 Å². The van der Waals surface area contributed by atoms with E-state index in [1.165, 1.54) is 25.1 Å². The van der Waals surface area contributed by atoms with Gasteiger partial charge in [-0.2, -0.15) is 0 Å². The van der Waals surface area contributed by atoms with Crippen LogP contribution in [0.25, 0.3) is 21.9 Å². The second-order valence-electron chi connectivity index (χ2n) is 15.8. The topological polar surface area (TPSA) is 450 Å². The Kier molecular flexibility index (Phi) is 18.0. The van der Waals surface area contributed by atoms with Crippen molar-refractivity contribution in [3.8, 4) is 11.5 Å². The number of amides is 2. The summed E-state index contributed by atoms with van der Waals surface area (Å²) in [7, 11) is -17.7. The fraction of sp³-hybridized carbons (Fsp3) is 0.459. The van der Waals surface area contributed by atoms with Crippen LogP contribution >= 0.6 is 35.2 Å². The third-order valence-electron chi connectivity index (χ3n) is 10.0. The molecule has 8 N–H and O–H groups in total. The first kappa shape index (κ1) is 55.1. The Hall–Kier alpha value is -4.80. The minimum Gasteiger partial charge on any atom is -0.790 e. The molecule has 1 aliphatic rings. The van der Waals surface area contributed by atoms with Gasteiger partial charge in [0.05, 0.1) is 44.7 Å². The standard InChI is InChI=1S/C37H48N7O21P3S/c1-18(45)26-20(11-19-5-4-6-22(47)27(19)29(26)50)12-21(46)13-25(49)69-10-9-39-24(48)7-8-40-35(53)32(52)37(2,3)15-62-68(59,60)65-67(57,58)61-14-23-31(64-66(54,55)56)30(51)36(63-23)44-17-43-28-33(38)41-16-42-34(28)44/h4-6,11,16-17,23,30-32,36,47,50-52H,7-10,12-15H2,1-3H3,(H,39,48)(H,40,53)(H,57,58)(H,59,60)(H2,38,41,42)(H2,54,55,56)/p-4/t23-,30-,31-,32-,36-/m1/s1. The van der Waals surface area contributed by atoms with Crippen LogP contribution in [0.5, 0.6) is 11.5 Å². The van der Waals surface area contributed by atoms with Gasteiger partial charge >= 0.3 is 0 Å². The molecule has 5 rings (SSSR count). The van der Waals surface area contributed by atoms with E-state index >= 15 is 0 Å². The molecule has 0 spiro atoms. The molecule has 69 heavy (non-hydrogen) atoms. The zero-order chi connectivity index (χ0) is 51.2. The number of phenols is 2. The van der Waals surface area contributed by atoms with Gasteiger partial charge < -0.3 is 79.2 Å².